The lowest BCUT2D eigenvalue weighted by atomic mass is 10.0. The standard InChI is InChI=1S/C12H15ClN2S/c1-8(2)10(7-13)6-11-9(3)14-12-15(11)4-5-16-12/h4-6,8H,7H2,1-3H3. The van der Waals surface area contributed by atoms with Crippen LogP contribution in [-0.4, -0.2) is 15.3 Å². The van der Waals surface area contributed by atoms with Crippen LogP contribution in [0, 0.1) is 12.8 Å². The molecule has 2 aromatic rings. The summed E-state index contributed by atoms with van der Waals surface area (Å²) in [4.78, 5) is 5.56. The molecule has 0 aliphatic rings. The Morgan fingerprint density at radius 3 is 3.00 bits per heavy atom. The van der Waals surface area contributed by atoms with Crippen molar-refractivity contribution in [3.8, 4) is 0 Å². The maximum atomic E-state index is 5.96. The Labute approximate surface area is 105 Å². The largest absolute Gasteiger partial charge is 0.291 e. The summed E-state index contributed by atoms with van der Waals surface area (Å²) in [6, 6.07) is 0. The van der Waals surface area contributed by atoms with E-state index >= 15 is 0 Å². The molecule has 0 N–H and O–H groups in total. The highest BCUT2D eigenvalue weighted by atomic mass is 35.5. The summed E-state index contributed by atoms with van der Waals surface area (Å²) in [7, 11) is 0. The maximum Gasteiger partial charge on any atom is 0.194 e. The Bertz CT molecular complexity index is 522. The molecule has 0 atom stereocenters. The van der Waals surface area contributed by atoms with Crippen LogP contribution in [0.15, 0.2) is 17.2 Å². The molecule has 0 aromatic carbocycles. The monoisotopic (exact) mass is 254 g/mol. The number of hydrogen-bond acceptors (Lipinski definition) is 2. The minimum atomic E-state index is 0.473. The van der Waals surface area contributed by atoms with Crippen molar-refractivity contribution in [3.05, 3.63) is 28.5 Å². The van der Waals surface area contributed by atoms with Gasteiger partial charge in [-0.2, -0.15) is 0 Å². The predicted octanol–water partition coefficient (Wildman–Crippen LogP) is 3.98. The van der Waals surface area contributed by atoms with Gasteiger partial charge in [-0.25, -0.2) is 4.98 Å². The Kier molecular flexibility index (Phi) is 3.36. The van der Waals surface area contributed by atoms with Crippen LogP contribution >= 0.6 is 22.9 Å². The third-order valence-electron chi connectivity index (χ3n) is 2.70. The third-order valence-corrected chi connectivity index (χ3v) is 3.77. The van der Waals surface area contributed by atoms with Gasteiger partial charge in [-0.15, -0.1) is 22.9 Å². The van der Waals surface area contributed by atoms with Gasteiger partial charge >= 0.3 is 0 Å². The van der Waals surface area contributed by atoms with Gasteiger partial charge in [0.05, 0.1) is 11.4 Å². The van der Waals surface area contributed by atoms with Gasteiger partial charge < -0.3 is 0 Å². The second-order valence-electron chi connectivity index (χ2n) is 4.15. The number of alkyl halides is 1. The predicted molar refractivity (Wildman–Crippen MR) is 71.3 cm³/mol. The van der Waals surface area contributed by atoms with Crippen LogP contribution in [0.2, 0.25) is 0 Å². The van der Waals surface area contributed by atoms with Gasteiger partial charge in [0.25, 0.3) is 0 Å². The minimum Gasteiger partial charge on any atom is -0.291 e. The zero-order valence-electron chi connectivity index (χ0n) is 9.70. The first-order valence-corrected chi connectivity index (χ1v) is 6.73. The van der Waals surface area contributed by atoms with Crippen LogP contribution in [0.1, 0.15) is 25.2 Å². The molecule has 0 saturated carbocycles. The SMILES string of the molecule is Cc1nc2sccn2c1C=C(CCl)C(C)C. The molecule has 2 heterocycles. The first-order chi connectivity index (χ1) is 7.63. The number of hydrogen-bond donors (Lipinski definition) is 0. The van der Waals surface area contributed by atoms with E-state index in [1.54, 1.807) is 11.3 Å². The molecule has 0 spiro atoms. The van der Waals surface area contributed by atoms with Crippen molar-refractivity contribution in [2.75, 3.05) is 5.88 Å². The van der Waals surface area contributed by atoms with E-state index < -0.39 is 0 Å². The highest BCUT2D eigenvalue weighted by molar-refractivity contribution is 7.15. The summed E-state index contributed by atoms with van der Waals surface area (Å²) in [5.74, 6) is 1.05. The molecule has 0 aliphatic carbocycles. The zero-order chi connectivity index (χ0) is 11.7. The average Bonchev–Trinajstić information content (AvgIpc) is 2.75. The zero-order valence-corrected chi connectivity index (χ0v) is 11.3. The quantitative estimate of drug-likeness (QED) is 0.758. The molecular formula is C12H15ClN2S. The fourth-order valence-corrected chi connectivity index (χ4v) is 2.77. The van der Waals surface area contributed by atoms with Crippen molar-refractivity contribution >= 4 is 34.0 Å². The van der Waals surface area contributed by atoms with Gasteiger partial charge in [0.2, 0.25) is 0 Å². The average molecular weight is 255 g/mol. The number of nitrogens with zero attached hydrogens (tertiary/aromatic N) is 2. The lowest BCUT2D eigenvalue weighted by Gasteiger charge is -2.07. The molecule has 86 valence electrons. The van der Waals surface area contributed by atoms with E-state index in [0.717, 1.165) is 16.3 Å². The van der Waals surface area contributed by atoms with Crippen molar-refractivity contribution in [1.82, 2.24) is 9.38 Å². The van der Waals surface area contributed by atoms with Crippen LogP contribution in [0.5, 0.6) is 0 Å². The molecule has 0 saturated heterocycles. The highest BCUT2D eigenvalue weighted by Crippen LogP contribution is 2.22. The van der Waals surface area contributed by atoms with E-state index in [2.05, 4.69) is 40.9 Å². The van der Waals surface area contributed by atoms with Gasteiger partial charge in [0.15, 0.2) is 4.96 Å². The summed E-state index contributed by atoms with van der Waals surface area (Å²) < 4.78 is 2.12. The van der Waals surface area contributed by atoms with Crippen LogP contribution in [-0.2, 0) is 0 Å². The second kappa shape index (κ2) is 4.60. The van der Waals surface area contributed by atoms with Crippen molar-refractivity contribution in [1.29, 1.82) is 0 Å². The number of halogens is 1. The van der Waals surface area contributed by atoms with Crippen LogP contribution in [0.4, 0.5) is 0 Å². The van der Waals surface area contributed by atoms with Gasteiger partial charge in [0, 0.05) is 17.5 Å². The van der Waals surface area contributed by atoms with E-state index in [0.29, 0.717) is 11.8 Å². The lowest BCUT2D eigenvalue weighted by Crippen LogP contribution is -1.96. The van der Waals surface area contributed by atoms with E-state index in [9.17, 15) is 0 Å². The third kappa shape index (κ3) is 2.02. The molecule has 0 fully saturated rings. The van der Waals surface area contributed by atoms with Crippen molar-refractivity contribution in [2.45, 2.75) is 20.8 Å². The van der Waals surface area contributed by atoms with E-state index in [1.807, 2.05) is 6.92 Å². The van der Waals surface area contributed by atoms with Gasteiger partial charge in [0.1, 0.15) is 0 Å². The van der Waals surface area contributed by atoms with Gasteiger partial charge in [-0.05, 0) is 18.9 Å². The van der Waals surface area contributed by atoms with E-state index in [4.69, 9.17) is 11.6 Å². The number of rotatable bonds is 3. The second-order valence-corrected chi connectivity index (χ2v) is 5.29. The number of allylic oxidation sites excluding steroid dienone is 1. The summed E-state index contributed by atoms with van der Waals surface area (Å²) in [6.07, 6.45) is 4.22. The number of thiazole rings is 1. The number of imidazole rings is 1. The lowest BCUT2D eigenvalue weighted by molar-refractivity contribution is 0.777. The Balaban J connectivity index is 2.53. The first kappa shape index (κ1) is 11.7. The van der Waals surface area contributed by atoms with Crippen molar-refractivity contribution < 1.29 is 0 Å². The summed E-state index contributed by atoms with van der Waals surface area (Å²) >= 11 is 7.62. The van der Waals surface area contributed by atoms with E-state index in [-0.39, 0.29) is 0 Å². The summed E-state index contributed by atoms with van der Waals surface area (Å²) in [5, 5.41) is 2.05. The molecule has 0 bridgehead atoms. The molecule has 4 heteroatoms. The highest BCUT2D eigenvalue weighted by Gasteiger charge is 2.09. The van der Waals surface area contributed by atoms with Crippen LogP contribution in [0.3, 0.4) is 0 Å². The molecule has 2 rings (SSSR count). The Morgan fingerprint density at radius 2 is 2.38 bits per heavy atom. The maximum absolute atomic E-state index is 5.96. The topological polar surface area (TPSA) is 17.3 Å². The fourth-order valence-electron chi connectivity index (χ4n) is 1.62. The van der Waals surface area contributed by atoms with Gasteiger partial charge in [-0.1, -0.05) is 19.4 Å². The number of aromatic nitrogens is 2. The molecule has 0 aliphatic heterocycles. The molecule has 0 radical (unpaired) electrons. The van der Waals surface area contributed by atoms with Crippen LogP contribution < -0.4 is 0 Å². The van der Waals surface area contributed by atoms with Crippen molar-refractivity contribution in [3.63, 3.8) is 0 Å². The number of aryl methyl sites for hydroxylation is 1. The van der Waals surface area contributed by atoms with E-state index in [1.165, 1.54) is 5.57 Å². The Morgan fingerprint density at radius 1 is 1.62 bits per heavy atom. The Hall–Kier alpha value is -0.800. The fraction of sp³-hybridized carbons (Fsp3) is 0.417. The van der Waals surface area contributed by atoms with Gasteiger partial charge in [-0.3, -0.25) is 4.40 Å². The first-order valence-electron chi connectivity index (χ1n) is 5.32. The van der Waals surface area contributed by atoms with Crippen molar-refractivity contribution in [2.24, 2.45) is 5.92 Å². The molecular weight excluding hydrogens is 240 g/mol. The molecule has 2 aromatic heterocycles. The van der Waals surface area contributed by atoms with Crippen LogP contribution in [0.25, 0.3) is 11.0 Å². The molecule has 2 nitrogen and oxygen atoms in total. The summed E-state index contributed by atoms with van der Waals surface area (Å²) in [6.45, 7) is 6.36. The molecule has 16 heavy (non-hydrogen) atoms. The smallest absolute Gasteiger partial charge is 0.194 e. The normalized spacial score (nSPS) is 12.9. The number of fused-ring (bicyclic) bond motifs is 1. The molecule has 0 amide bonds. The summed E-state index contributed by atoms with van der Waals surface area (Å²) in [5.41, 5.74) is 3.47. The molecule has 0 unspecified atom stereocenters. The minimum absolute atomic E-state index is 0.473.